The smallest absolute Gasteiger partial charge is 0.154 e. The van der Waals surface area contributed by atoms with E-state index in [1.165, 1.54) is 6.26 Å². The van der Waals surface area contributed by atoms with E-state index in [9.17, 15) is 8.42 Å². The van der Waals surface area contributed by atoms with Crippen molar-refractivity contribution in [1.29, 1.82) is 0 Å². The molecule has 6 heteroatoms. The standard InChI is InChI=1S/C11H21N3O2S/c1-5-12-6-10-7-13-9-14(10)8-11(2,3)17(4,15)16/h7,9,12H,5-6,8H2,1-4H3. The van der Waals surface area contributed by atoms with Crippen LogP contribution in [0.4, 0.5) is 0 Å². The number of hydrogen-bond donors (Lipinski definition) is 1. The van der Waals surface area contributed by atoms with Gasteiger partial charge in [-0.25, -0.2) is 13.4 Å². The molecule has 0 radical (unpaired) electrons. The van der Waals surface area contributed by atoms with Gasteiger partial charge in [-0.3, -0.25) is 0 Å². The summed E-state index contributed by atoms with van der Waals surface area (Å²) in [6.45, 7) is 7.50. The lowest BCUT2D eigenvalue weighted by molar-refractivity contribution is 0.490. The van der Waals surface area contributed by atoms with Gasteiger partial charge in [0.15, 0.2) is 9.84 Å². The Hall–Kier alpha value is -0.880. The molecule has 1 aromatic rings. The van der Waals surface area contributed by atoms with Gasteiger partial charge < -0.3 is 9.88 Å². The van der Waals surface area contributed by atoms with Gasteiger partial charge >= 0.3 is 0 Å². The van der Waals surface area contributed by atoms with E-state index >= 15 is 0 Å². The third-order valence-electron chi connectivity index (χ3n) is 2.91. The lowest BCUT2D eigenvalue weighted by atomic mass is 10.2. The van der Waals surface area contributed by atoms with Gasteiger partial charge in [0.1, 0.15) is 0 Å². The summed E-state index contributed by atoms with van der Waals surface area (Å²) < 4.78 is 24.4. The molecule has 0 aliphatic heterocycles. The molecule has 0 aliphatic rings. The maximum absolute atomic E-state index is 11.7. The van der Waals surface area contributed by atoms with E-state index in [1.54, 1.807) is 26.4 Å². The van der Waals surface area contributed by atoms with Crippen molar-refractivity contribution in [2.45, 2.75) is 38.6 Å². The lowest BCUT2D eigenvalue weighted by Crippen LogP contribution is -2.36. The Balaban J connectivity index is 2.85. The third-order valence-corrected chi connectivity index (χ3v) is 5.05. The molecule has 0 fully saturated rings. The molecule has 0 saturated carbocycles. The average Bonchev–Trinajstić information content (AvgIpc) is 2.60. The molecule has 1 N–H and O–H groups in total. The first-order chi connectivity index (χ1) is 7.78. The minimum Gasteiger partial charge on any atom is -0.332 e. The maximum atomic E-state index is 11.7. The summed E-state index contributed by atoms with van der Waals surface area (Å²) in [6, 6.07) is 0. The first-order valence-corrected chi connectivity index (χ1v) is 7.56. The lowest BCUT2D eigenvalue weighted by Gasteiger charge is -2.24. The van der Waals surface area contributed by atoms with Crippen molar-refractivity contribution in [2.24, 2.45) is 0 Å². The summed E-state index contributed by atoms with van der Waals surface area (Å²) in [4.78, 5) is 4.07. The monoisotopic (exact) mass is 259 g/mol. The predicted octanol–water partition coefficient (Wildman–Crippen LogP) is 0.816. The molecule has 1 heterocycles. The van der Waals surface area contributed by atoms with Crippen LogP contribution in [0.2, 0.25) is 0 Å². The molecule has 1 aromatic heterocycles. The van der Waals surface area contributed by atoms with Crippen LogP contribution in [0.15, 0.2) is 12.5 Å². The number of nitrogens with zero attached hydrogens (tertiary/aromatic N) is 2. The first-order valence-electron chi connectivity index (χ1n) is 5.67. The van der Waals surface area contributed by atoms with Crippen LogP contribution in [0, 0.1) is 0 Å². The van der Waals surface area contributed by atoms with Crippen LogP contribution in [0.1, 0.15) is 26.5 Å². The maximum Gasteiger partial charge on any atom is 0.154 e. The van der Waals surface area contributed by atoms with Gasteiger partial charge in [-0.1, -0.05) is 6.92 Å². The van der Waals surface area contributed by atoms with E-state index in [-0.39, 0.29) is 0 Å². The zero-order valence-electron chi connectivity index (χ0n) is 10.9. The zero-order valence-corrected chi connectivity index (χ0v) is 11.7. The van der Waals surface area contributed by atoms with Crippen LogP contribution in [0.25, 0.3) is 0 Å². The largest absolute Gasteiger partial charge is 0.332 e. The Morgan fingerprint density at radius 2 is 2.12 bits per heavy atom. The van der Waals surface area contributed by atoms with Crippen molar-refractivity contribution >= 4 is 9.84 Å². The highest BCUT2D eigenvalue weighted by atomic mass is 32.2. The van der Waals surface area contributed by atoms with Crippen molar-refractivity contribution in [3.8, 4) is 0 Å². The van der Waals surface area contributed by atoms with E-state index < -0.39 is 14.6 Å². The highest BCUT2D eigenvalue weighted by Crippen LogP contribution is 2.18. The Kier molecular flexibility index (Phi) is 4.32. The summed E-state index contributed by atoms with van der Waals surface area (Å²) in [5, 5.41) is 3.21. The minimum atomic E-state index is -3.08. The van der Waals surface area contributed by atoms with Crippen LogP contribution in [-0.4, -0.2) is 35.5 Å². The number of nitrogens with one attached hydrogen (secondary N) is 1. The summed E-state index contributed by atoms with van der Waals surface area (Å²) in [5.41, 5.74) is 1.00. The van der Waals surface area contributed by atoms with Crippen molar-refractivity contribution < 1.29 is 8.42 Å². The fraction of sp³-hybridized carbons (Fsp3) is 0.727. The van der Waals surface area contributed by atoms with E-state index in [0.29, 0.717) is 13.1 Å². The quantitative estimate of drug-likeness (QED) is 0.821. The summed E-state index contributed by atoms with van der Waals surface area (Å²) in [6.07, 6.45) is 4.72. The molecule has 0 aromatic carbocycles. The van der Waals surface area contributed by atoms with Crippen molar-refractivity contribution in [2.75, 3.05) is 12.8 Å². The van der Waals surface area contributed by atoms with Gasteiger partial charge in [-0.2, -0.15) is 0 Å². The predicted molar refractivity (Wildman–Crippen MR) is 68.5 cm³/mol. The molecule has 0 aliphatic carbocycles. The van der Waals surface area contributed by atoms with E-state index in [1.807, 2.05) is 11.5 Å². The first kappa shape index (κ1) is 14.2. The van der Waals surface area contributed by atoms with Gasteiger partial charge in [-0.05, 0) is 20.4 Å². The van der Waals surface area contributed by atoms with Crippen LogP contribution in [0.5, 0.6) is 0 Å². The molecular formula is C11H21N3O2S. The Bertz CT molecular complexity index is 463. The van der Waals surface area contributed by atoms with Gasteiger partial charge in [0.2, 0.25) is 0 Å². The molecule has 0 spiro atoms. The summed E-state index contributed by atoms with van der Waals surface area (Å²) in [5.74, 6) is 0. The fourth-order valence-electron chi connectivity index (χ4n) is 1.42. The van der Waals surface area contributed by atoms with Gasteiger partial charge in [0.05, 0.1) is 16.8 Å². The second-order valence-electron chi connectivity index (χ2n) is 4.83. The van der Waals surface area contributed by atoms with Crippen LogP contribution in [-0.2, 0) is 22.9 Å². The second-order valence-corrected chi connectivity index (χ2v) is 7.47. The molecule has 0 unspecified atom stereocenters. The molecule has 0 atom stereocenters. The minimum absolute atomic E-state index is 0.423. The number of hydrogen-bond acceptors (Lipinski definition) is 4. The fourth-order valence-corrected chi connectivity index (χ4v) is 1.79. The molecule has 0 saturated heterocycles. The van der Waals surface area contributed by atoms with E-state index in [2.05, 4.69) is 10.3 Å². The Morgan fingerprint density at radius 1 is 1.47 bits per heavy atom. The average molecular weight is 259 g/mol. The molecular weight excluding hydrogens is 238 g/mol. The molecule has 98 valence electrons. The third kappa shape index (κ3) is 3.54. The normalized spacial score (nSPS) is 12.9. The number of rotatable bonds is 6. The zero-order chi connectivity index (χ0) is 13.1. The van der Waals surface area contributed by atoms with Crippen molar-refractivity contribution in [1.82, 2.24) is 14.9 Å². The number of sulfone groups is 1. The number of aromatic nitrogens is 2. The van der Waals surface area contributed by atoms with Crippen LogP contribution >= 0.6 is 0 Å². The second kappa shape index (κ2) is 5.18. The topological polar surface area (TPSA) is 64.0 Å². The number of imidazole rings is 1. The highest BCUT2D eigenvalue weighted by molar-refractivity contribution is 7.92. The van der Waals surface area contributed by atoms with E-state index in [0.717, 1.165) is 12.2 Å². The molecule has 0 bridgehead atoms. The van der Waals surface area contributed by atoms with Gasteiger partial charge in [0.25, 0.3) is 0 Å². The van der Waals surface area contributed by atoms with Crippen LogP contribution in [0.3, 0.4) is 0 Å². The van der Waals surface area contributed by atoms with E-state index in [4.69, 9.17) is 0 Å². The molecule has 1 rings (SSSR count). The van der Waals surface area contributed by atoms with Crippen LogP contribution < -0.4 is 5.32 Å². The summed E-state index contributed by atoms with van der Waals surface area (Å²) in [7, 11) is -3.08. The Morgan fingerprint density at radius 3 is 2.65 bits per heavy atom. The highest BCUT2D eigenvalue weighted by Gasteiger charge is 2.31. The molecule has 5 nitrogen and oxygen atoms in total. The molecule has 17 heavy (non-hydrogen) atoms. The SMILES string of the molecule is CCNCc1cncn1CC(C)(C)S(C)(=O)=O. The Labute approximate surface area is 103 Å². The van der Waals surface area contributed by atoms with Crippen molar-refractivity contribution in [3.63, 3.8) is 0 Å². The van der Waals surface area contributed by atoms with Crippen molar-refractivity contribution in [3.05, 3.63) is 18.2 Å². The van der Waals surface area contributed by atoms with Gasteiger partial charge in [0, 0.05) is 25.5 Å². The van der Waals surface area contributed by atoms with Gasteiger partial charge in [-0.15, -0.1) is 0 Å². The summed E-state index contributed by atoms with van der Waals surface area (Å²) >= 11 is 0. The molecule has 0 amide bonds.